The molecule has 2 aromatic carbocycles. The van der Waals surface area contributed by atoms with Crippen LogP contribution in [0.3, 0.4) is 0 Å². The highest BCUT2D eigenvalue weighted by atomic mass is 32.2. The van der Waals surface area contributed by atoms with E-state index in [1.807, 2.05) is 44.2 Å². The van der Waals surface area contributed by atoms with Crippen molar-refractivity contribution in [2.24, 2.45) is 0 Å². The summed E-state index contributed by atoms with van der Waals surface area (Å²) >= 11 is 0. The van der Waals surface area contributed by atoms with Gasteiger partial charge in [0.05, 0.1) is 4.90 Å². The van der Waals surface area contributed by atoms with Crippen LogP contribution < -0.4 is 4.72 Å². The first kappa shape index (κ1) is 18.1. The Hall–Kier alpha value is -3.26. The lowest BCUT2D eigenvalue weighted by Gasteiger charge is -2.10. The average Bonchev–Trinajstić information content (AvgIpc) is 3.04. The number of hydrogen-bond donors (Lipinski definition) is 1. The van der Waals surface area contributed by atoms with E-state index in [9.17, 15) is 8.42 Å². The minimum atomic E-state index is -3.76. The molecule has 4 aromatic rings. The SMILES string of the molecule is Cc1cccc(-c2nnc3ccc(NS(=O)(=O)c4ccc(C)cc4C)nn23)c1. The van der Waals surface area contributed by atoms with Crippen LogP contribution in [0.25, 0.3) is 17.0 Å². The van der Waals surface area contributed by atoms with Crippen LogP contribution >= 0.6 is 0 Å². The molecule has 0 radical (unpaired) electrons. The minimum absolute atomic E-state index is 0.196. The van der Waals surface area contributed by atoms with E-state index in [-0.39, 0.29) is 10.7 Å². The number of rotatable bonds is 4. The second-order valence-electron chi connectivity index (χ2n) is 6.76. The summed E-state index contributed by atoms with van der Waals surface area (Å²) in [6, 6.07) is 16.3. The molecule has 28 heavy (non-hydrogen) atoms. The second kappa shape index (κ2) is 6.72. The molecule has 0 aliphatic carbocycles. The van der Waals surface area contributed by atoms with Gasteiger partial charge in [-0.25, -0.2) is 8.42 Å². The summed E-state index contributed by atoms with van der Waals surface area (Å²) < 4.78 is 29.7. The number of aromatic nitrogens is 4. The van der Waals surface area contributed by atoms with Crippen molar-refractivity contribution in [2.75, 3.05) is 4.72 Å². The molecule has 0 atom stereocenters. The molecule has 0 bridgehead atoms. The molecule has 0 unspecified atom stereocenters. The third-order valence-corrected chi connectivity index (χ3v) is 5.91. The van der Waals surface area contributed by atoms with Gasteiger partial charge in [0.15, 0.2) is 17.3 Å². The van der Waals surface area contributed by atoms with Crippen molar-refractivity contribution in [3.05, 3.63) is 71.3 Å². The zero-order valence-corrected chi connectivity index (χ0v) is 16.5. The number of nitrogens with zero attached hydrogens (tertiary/aromatic N) is 4. The minimum Gasteiger partial charge on any atom is -0.262 e. The number of nitrogens with one attached hydrogen (secondary N) is 1. The second-order valence-corrected chi connectivity index (χ2v) is 8.41. The molecule has 2 aromatic heterocycles. The fraction of sp³-hybridized carbons (Fsp3) is 0.150. The van der Waals surface area contributed by atoms with E-state index in [4.69, 9.17) is 0 Å². The first-order chi connectivity index (χ1) is 13.3. The highest BCUT2D eigenvalue weighted by Gasteiger charge is 2.18. The van der Waals surface area contributed by atoms with E-state index in [0.29, 0.717) is 17.0 Å². The van der Waals surface area contributed by atoms with Crippen LogP contribution in [0.2, 0.25) is 0 Å². The number of aryl methyl sites for hydroxylation is 3. The van der Waals surface area contributed by atoms with Gasteiger partial charge in [-0.15, -0.1) is 15.3 Å². The van der Waals surface area contributed by atoms with Crippen LogP contribution in [0.15, 0.2) is 59.5 Å². The average molecular weight is 393 g/mol. The molecule has 4 rings (SSSR count). The van der Waals surface area contributed by atoms with Crippen LogP contribution in [-0.2, 0) is 10.0 Å². The molecular formula is C20H19N5O2S. The summed E-state index contributed by atoms with van der Waals surface area (Å²) in [5.74, 6) is 0.743. The highest BCUT2D eigenvalue weighted by Crippen LogP contribution is 2.22. The largest absolute Gasteiger partial charge is 0.263 e. The summed E-state index contributed by atoms with van der Waals surface area (Å²) in [5, 5.41) is 12.7. The third-order valence-electron chi connectivity index (χ3n) is 4.40. The number of hydrogen-bond acceptors (Lipinski definition) is 5. The maximum Gasteiger partial charge on any atom is 0.263 e. The molecule has 0 saturated heterocycles. The lowest BCUT2D eigenvalue weighted by molar-refractivity contribution is 0.600. The normalized spacial score (nSPS) is 11.7. The van der Waals surface area contributed by atoms with Gasteiger partial charge in [-0.3, -0.25) is 4.72 Å². The Morgan fingerprint density at radius 3 is 2.43 bits per heavy atom. The van der Waals surface area contributed by atoms with Crippen molar-refractivity contribution in [3.63, 3.8) is 0 Å². The number of sulfonamides is 1. The molecule has 8 heteroatoms. The Morgan fingerprint density at radius 2 is 1.68 bits per heavy atom. The van der Waals surface area contributed by atoms with Gasteiger partial charge >= 0.3 is 0 Å². The molecule has 1 N–H and O–H groups in total. The van der Waals surface area contributed by atoms with Crippen molar-refractivity contribution in [2.45, 2.75) is 25.7 Å². The van der Waals surface area contributed by atoms with Crippen molar-refractivity contribution in [1.29, 1.82) is 0 Å². The fourth-order valence-electron chi connectivity index (χ4n) is 3.10. The van der Waals surface area contributed by atoms with Crippen LogP contribution in [0.4, 0.5) is 5.82 Å². The Bertz CT molecular complexity index is 1300. The maximum atomic E-state index is 12.8. The summed E-state index contributed by atoms with van der Waals surface area (Å²) in [5.41, 5.74) is 4.16. The van der Waals surface area contributed by atoms with Gasteiger partial charge in [-0.05, 0) is 50.6 Å². The molecule has 7 nitrogen and oxygen atoms in total. The molecule has 0 saturated carbocycles. The van der Waals surface area contributed by atoms with E-state index in [2.05, 4.69) is 20.0 Å². The Labute approximate surface area is 163 Å². The van der Waals surface area contributed by atoms with E-state index in [0.717, 1.165) is 16.7 Å². The molecule has 0 fully saturated rings. The van der Waals surface area contributed by atoms with Crippen LogP contribution in [-0.4, -0.2) is 28.2 Å². The summed E-state index contributed by atoms with van der Waals surface area (Å²) in [6.45, 7) is 5.68. The molecule has 0 amide bonds. The van der Waals surface area contributed by atoms with Gasteiger partial charge in [0.1, 0.15) is 0 Å². The summed E-state index contributed by atoms with van der Waals surface area (Å²) in [6.07, 6.45) is 0. The van der Waals surface area contributed by atoms with Crippen molar-refractivity contribution in [1.82, 2.24) is 19.8 Å². The Balaban J connectivity index is 1.75. The lowest BCUT2D eigenvalue weighted by Crippen LogP contribution is -2.16. The molecule has 0 aliphatic heterocycles. The van der Waals surface area contributed by atoms with Gasteiger partial charge in [0.2, 0.25) is 0 Å². The quantitative estimate of drug-likeness (QED) is 0.573. The number of benzene rings is 2. The monoisotopic (exact) mass is 393 g/mol. The molecule has 0 spiro atoms. The Morgan fingerprint density at radius 1 is 0.893 bits per heavy atom. The van der Waals surface area contributed by atoms with E-state index in [1.54, 1.807) is 31.2 Å². The van der Waals surface area contributed by atoms with E-state index in [1.165, 1.54) is 4.52 Å². The first-order valence-corrected chi connectivity index (χ1v) is 10.2. The maximum absolute atomic E-state index is 12.8. The van der Waals surface area contributed by atoms with Gasteiger partial charge in [0.25, 0.3) is 10.0 Å². The molecule has 142 valence electrons. The smallest absolute Gasteiger partial charge is 0.262 e. The topological polar surface area (TPSA) is 89.2 Å². The zero-order chi connectivity index (χ0) is 19.9. The van der Waals surface area contributed by atoms with Gasteiger partial charge in [0, 0.05) is 5.56 Å². The van der Waals surface area contributed by atoms with Crippen LogP contribution in [0, 0.1) is 20.8 Å². The van der Waals surface area contributed by atoms with Gasteiger partial charge in [-0.1, -0.05) is 41.5 Å². The lowest BCUT2D eigenvalue weighted by atomic mass is 10.1. The molecule has 2 heterocycles. The predicted molar refractivity (Wildman–Crippen MR) is 108 cm³/mol. The molecular weight excluding hydrogens is 374 g/mol. The molecule has 0 aliphatic rings. The first-order valence-electron chi connectivity index (χ1n) is 8.73. The standard InChI is InChI=1S/C20H19N5O2S/c1-13-5-4-6-16(12-13)20-22-21-19-10-9-18(23-25(19)20)24-28(26,27)17-8-7-14(2)11-15(17)3/h4-12H,1-3H3,(H,23,24). The van der Waals surface area contributed by atoms with E-state index < -0.39 is 10.0 Å². The van der Waals surface area contributed by atoms with Crippen molar-refractivity contribution < 1.29 is 8.42 Å². The summed E-state index contributed by atoms with van der Waals surface area (Å²) in [4.78, 5) is 0.225. The Kier molecular flexibility index (Phi) is 4.35. The highest BCUT2D eigenvalue weighted by molar-refractivity contribution is 7.92. The number of fused-ring (bicyclic) bond motifs is 1. The van der Waals surface area contributed by atoms with Crippen LogP contribution in [0.5, 0.6) is 0 Å². The summed E-state index contributed by atoms with van der Waals surface area (Å²) in [7, 11) is -3.76. The third kappa shape index (κ3) is 3.34. The predicted octanol–water partition coefficient (Wildman–Crippen LogP) is 3.52. The van der Waals surface area contributed by atoms with E-state index >= 15 is 0 Å². The number of anilines is 1. The van der Waals surface area contributed by atoms with Gasteiger partial charge in [-0.2, -0.15) is 4.52 Å². The fourth-order valence-corrected chi connectivity index (χ4v) is 4.33. The van der Waals surface area contributed by atoms with Crippen molar-refractivity contribution >= 4 is 21.5 Å². The van der Waals surface area contributed by atoms with Crippen LogP contribution in [0.1, 0.15) is 16.7 Å². The van der Waals surface area contributed by atoms with Gasteiger partial charge < -0.3 is 0 Å². The van der Waals surface area contributed by atoms with Crippen molar-refractivity contribution in [3.8, 4) is 11.4 Å². The zero-order valence-electron chi connectivity index (χ0n) is 15.7.